The summed E-state index contributed by atoms with van der Waals surface area (Å²) in [6.45, 7) is 4.79. The van der Waals surface area contributed by atoms with Gasteiger partial charge >= 0.3 is 0 Å². The molecule has 1 unspecified atom stereocenters. The number of hydrogen-bond donors (Lipinski definition) is 0. The Labute approximate surface area is 375 Å². The predicted octanol–water partition coefficient (Wildman–Crippen LogP) is 16.8. The van der Waals surface area contributed by atoms with Gasteiger partial charge in [0.15, 0.2) is 0 Å². The molecule has 0 N–H and O–H groups in total. The van der Waals surface area contributed by atoms with E-state index in [-0.39, 0.29) is 5.41 Å². The van der Waals surface area contributed by atoms with Crippen LogP contribution in [0.2, 0.25) is 0 Å². The van der Waals surface area contributed by atoms with Crippen LogP contribution in [0.5, 0.6) is 0 Å². The number of nitrogens with zero attached hydrogens (tertiary/aromatic N) is 3. The molecule has 0 bridgehead atoms. The lowest BCUT2D eigenvalue weighted by atomic mass is 9.82. The van der Waals surface area contributed by atoms with Crippen LogP contribution in [-0.2, 0) is 5.41 Å². The summed E-state index contributed by atoms with van der Waals surface area (Å²) in [5, 5.41) is 5.14. The molecule has 9 aromatic carbocycles. The van der Waals surface area contributed by atoms with Crippen molar-refractivity contribution in [3.63, 3.8) is 0 Å². The van der Waals surface area contributed by atoms with Crippen molar-refractivity contribution in [1.29, 1.82) is 0 Å². The number of aromatic nitrogens is 1. The maximum atomic E-state index is 2.47. The number of rotatable bonds is 8. The minimum atomic E-state index is -0.242. The van der Waals surface area contributed by atoms with Crippen molar-refractivity contribution in [2.75, 3.05) is 9.80 Å². The Morgan fingerprint density at radius 1 is 0.453 bits per heavy atom. The molecular formula is C61H47N3. The van der Waals surface area contributed by atoms with Gasteiger partial charge in [-0.3, -0.25) is 0 Å². The summed E-state index contributed by atoms with van der Waals surface area (Å²) in [6, 6.07) is 75.9. The molecule has 1 heterocycles. The van der Waals surface area contributed by atoms with Gasteiger partial charge in [0.1, 0.15) is 0 Å². The zero-order valence-corrected chi connectivity index (χ0v) is 36.1. The third kappa shape index (κ3) is 6.19. The summed E-state index contributed by atoms with van der Waals surface area (Å²) in [5.41, 5.74) is 16.7. The van der Waals surface area contributed by atoms with Crippen molar-refractivity contribution >= 4 is 66.7 Å². The van der Waals surface area contributed by atoms with Gasteiger partial charge in [-0.25, -0.2) is 0 Å². The Hall–Kier alpha value is -7.88. The second-order valence-corrected chi connectivity index (χ2v) is 17.7. The van der Waals surface area contributed by atoms with Gasteiger partial charge in [0.2, 0.25) is 0 Å². The second kappa shape index (κ2) is 15.2. The second-order valence-electron chi connectivity index (χ2n) is 17.7. The van der Waals surface area contributed by atoms with Crippen LogP contribution in [0, 0.1) is 0 Å². The first kappa shape index (κ1) is 37.8. The zero-order valence-electron chi connectivity index (χ0n) is 36.1. The van der Waals surface area contributed by atoms with E-state index in [1.165, 1.54) is 66.1 Å². The standard InChI is InChI=1S/C61H47N3/c1-61(2)56-40-50(35-37-53(56)54-38-36-51(41-57(54)61)64-58-25-15-14-24-55(58)60-52-23-13-12-18-44(52)28-39-59(60)64)63(47-29-26-43(27-30-47)42-16-6-3-7-17-42)49-33-31-48(32-34-49)62(45-19-8-4-9-20-45)46-21-10-5-11-22-46/h3-16,18-42H,17H2,1-2H3. The topological polar surface area (TPSA) is 11.4 Å². The van der Waals surface area contributed by atoms with Gasteiger partial charge in [0.25, 0.3) is 0 Å². The highest BCUT2D eigenvalue weighted by Crippen LogP contribution is 2.52. The Morgan fingerprint density at radius 3 is 1.67 bits per heavy atom. The van der Waals surface area contributed by atoms with Crippen LogP contribution in [0.3, 0.4) is 0 Å². The molecule has 0 saturated carbocycles. The van der Waals surface area contributed by atoms with Crippen molar-refractivity contribution in [1.82, 2.24) is 4.57 Å². The van der Waals surface area contributed by atoms with E-state index < -0.39 is 0 Å². The summed E-state index contributed by atoms with van der Waals surface area (Å²) in [6.07, 6.45) is 9.91. The Morgan fingerprint density at radius 2 is 1.00 bits per heavy atom. The van der Waals surface area contributed by atoms with Crippen LogP contribution in [0.25, 0.3) is 49.4 Å². The number of benzene rings is 9. The smallest absolute Gasteiger partial charge is 0.0547 e. The number of anilines is 6. The van der Waals surface area contributed by atoms with Crippen LogP contribution in [-0.4, -0.2) is 4.57 Å². The van der Waals surface area contributed by atoms with E-state index in [9.17, 15) is 0 Å². The summed E-state index contributed by atoms with van der Waals surface area (Å²) >= 11 is 0. The summed E-state index contributed by atoms with van der Waals surface area (Å²) in [7, 11) is 0. The van der Waals surface area contributed by atoms with Gasteiger partial charge in [-0.05, 0) is 142 Å². The molecule has 2 aliphatic rings. The molecule has 1 aromatic heterocycles. The Bertz CT molecular complexity index is 3390. The molecule has 0 fully saturated rings. The van der Waals surface area contributed by atoms with Crippen LogP contribution >= 0.6 is 0 Å². The number of hydrogen-bond acceptors (Lipinski definition) is 2. The van der Waals surface area contributed by atoms with Gasteiger partial charge in [-0.1, -0.05) is 147 Å². The SMILES string of the molecule is CC1(C)c2cc(N(c3ccc(C4C=CC=CC4)cc3)c3ccc(N(c4ccccc4)c4ccccc4)cc3)ccc2-c2ccc(-n3c4ccccc4c4c5ccccc5ccc43)cc21. The molecule has 0 amide bonds. The summed E-state index contributed by atoms with van der Waals surface area (Å²) in [4.78, 5) is 4.74. The maximum Gasteiger partial charge on any atom is 0.0547 e. The van der Waals surface area contributed by atoms with Gasteiger partial charge in [0, 0.05) is 61.9 Å². The number of fused-ring (bicyclic) bond motifs is 8. The highest BCUT2D eigenvalue weighted by Gasteiger charge is 2.37. The molecule has 306 valence electrons. The minimum Gasteiger partial charge on any atom is -0.311 e. The third-order valence-corrected chi connectivity index (χ3v) is 13.7. The van der Waals surface area contributed by atoms with Crippen molar-refractivity contribution < 1.29 is 0 Å². The molecule has 2 aliphatic carbocycles. The highest BCUT2D eigenvalue weighted by atomic mass is 15.2. The van der Waals surface area contributed by atoms with E-state index in [0.717, 1.165) is 40.5 Å². The molecule has 3 heteroatoms. The van der Waals surface area contributed by atoms with Crippen molar-refractivity contribution in [3.8, 4) is 16.8 Å². The first-order chi connectivity index (χ1) is 31.5. The summed E-state index contributed by atoms with van der Waals surface area (Å²) < 4.78 is 2.47. The molecule has 0 saturated heterocycles. The fraction of sp³-hybridized carbons (Fsp3) is 0.0820. The van der Waals surface area contributed by atoms with E-state index in [1.54, 1.807) is 0 Å². The van der Waals surface area contributed by atoms with Crippen molar-refractivity contribution in [2.45, 2.75) is 31.6 Å². The highest BCUT2D eigenvalue weighted by molar-refractivity contribution is 6.21. The van der Waals surface area contributed by atoms with Crippen LogP contribution < -0.4 is 9.80 Å². The van der Waals surface area contributed by atoms with Gasteiger partial charge in [-0.15, -0.1) is 0 Å². The van der Waals surface area contributed by atoms with E-state index in [2.05, 4.69) is 259 Å². The fourth-order valence-electron chi connectivity index (χ4n) is 10.5. The molecule has 10 aromatic rings. The van der Waals surface area contributed by atoms with E-state index in [4.69, 9.17) is 0 Å². The average molecular weight is 822 g/mol. The molecule has 64 heavy (non-hydrogen) atoms. The lowest BCUT2D eigenvalue weighted by Gasteiger charge is -2.30. The van der Waals surface area contributed by atoms with Crippen LogP contribution in [0.15, 0.2) is 231 Å². The third-order valence-electron chi connectivity index (χ3n) is 13.7. The largest absolute Gasteiger partial charge is 0.311 e. The summed E-state index contributed by atoms with van der Waals surface area (Å²) in [5.74, 6) is 0.389. The lowest BCUT2D eigenvalue weighted by molar-refractivity contribution is 0.660. The minimum absolute atomic E-state index is 0.242. The van der Waals surface area contributed by atoms with Gasteiger partial charge < -0.3 is 14.4 Å². The van der Waals surface area contributed by atoms with Gasteiger partial charge in [0.05, 0.1) is 11.0 Å². The van der Waals surface area contributed by atoms with Crippen LogP contribution in [0.4, 0.5) is 34.1 Å². The first-order valence-corrected chi connectivity index (χ1v) is 22.5. The predicted molar refractivity (Wildman–Crippen MR) is 271 cm³/mol. The molecule has 3 nitrogen and oxygen atoms in total. The zero-order chi connectivity index (χ0) is 42.8. The Kier molecular flexibility index (Phi) is 8.98. The molecular weight excluding hydrogens is 775 g/mol. The first-order valence-electron chi connectivity index (χ1n) is 22.5. The molecule has 0 aliphatic heterocycles. The number of para-hydroxylation sites is 3. The normalized spacial score (nSPS) is 14.8. The molecule has 0 spiro atoms. The lowest BCUT2D eigenvalue weighted by Crippen LogP contribution is -2.17. The van der Waals surface area contributed by atoms with Crippen molar-refractivity contribution in [3.05, 3.63) is 247 Å². The monoisotopic (exact) mass is 821 g/mol. The van der Waals surface area contributed by atoms with Crippen molar-refractivity contribution in [2.24, 2.45) is 0 Å². The fourth-order valence-corrected chi connectivity index (χ4v) is 10.5. The Balaban J connectivity index is 0.959. The molecule has 1 atom stereocenters. The van der Waals surface area contributed by atoms with E-state index in [0.29, 0.717) is 5.92 Å². The van der Waals surface area contributed by atoms with E-state index in [1.807, 2.05) is 0 Å². The maximum absolute atomic E-state index is 2.47. The molecule has 12 rings (SSSR count). The van der Waals surface area contributed by atoms with E-state index >= 15 is 0 Å². The van der Waals surface area contributed by atoms with Gasteiger partial charge in [-0.2, -0.15) is 0 Å². The average Bonchev–Trinajstić information content (AvgIpc) is 3.81. The molecule has 0 radical (unpaired) electrons. The van der Waals surface area contributed by atoms with Crippen LogP contribution in [0.1, 0.15) is 42.9 Å². The number of allylic oxidation sites excluding steroid dienone is 4. The quantitative estimate of drug-likeness (QED) is 0.151.